The molecular weight excluding hydrogens is 296 g/mol. The van der Waals surface area contributed by atoms with E-state index in [1.165, 1.54) is 0 Å². The van der Waals surface area contributed by atoms with Crippen LogP contribution in [-0.4, -0.2) is 63.3 Å². The molecule has 1 atom stereocenters. The van der Waals surface area contributed by atoms with Crippen molar-refractivity contribution in [3.05, 3.63) is 23.5 Å². The highest BCUT2D eigenvalue weighted by molar-refractivity contribution is 5.92. The third-order valence-electron chi connectivity index (χ3n) is 3.56. The van der Waals surface area contributed by atoms with Gasteiger partial charge in [0.2, 0.25) is 0 Å². The fraction of sp³-hybridized carbons (Fsp3) is 0.625. The lowest BCUT2D eigenvalue weighted by molar-refractivity contribution is 0.00603. The highest BCUT2D eigenvalue weighted by atomic mass is 16.6. The summed E-state index contributed by atoms with van der Waals surface area (Å²) in [5.74, 6) is -0.158. The summed E-state index contributed by atoms with van der Waals surface area (Å²) in [5, 5.41) is 7.87. The van der Waals surface area contributed by atoms with Gasteiger partial charge in [-0.05, 0) is 46.8 Å². The Labute approximate surface area is 136 Å². The van der Waals surface area contributed by atoms with E-state index in [0.717, 1.165) is 5.69 Å². The fourth-order valence-corrected chi connectivity index (χ4v) is 2.41. The van der Waals surface area contributed by atoms with Gasteiger partial charge < -0.3 is 14.5 Å². The smallest absolute Gasteiger partial charge is 0.410 e. The van der Waals surface area contributed by atoms with Gasteiger partial charge in [-0.1, -0.05) is 0 Å². The van der Waals surface area contributed by atoms with Crippen molar-refractivity contribution in [1.29, 1.82) is 0 Å². The average Bonchev–Trinajstić information content (AvgIpc) is 2.45. The lowest BCUT2D eigenvalue weighted by Crippen LogP contribution is -2.56. The van der Waals surface area contributed by atoms with Crippen LogP contribution in [0.3, 0.4) is 0 Å². The molecule has 0 saturated carbocycles. The molecule has 7 heteroatoms. The summed E-state index contributed by atoms with van der Waals surface area (Å²) < 4.78 is 5.38. The molecule has 7 nitrogen and oxygen atoms in total. The highest BCUT2D eigenvalue weighted by Gasteiger charge is 2.32. The van der Waals surface area contributed by atoms with E-state index in [2.05, 4.69) is 10.2 Å². The zero-order valence-electron chi connectivity index (χ0n) is 14.4. The van der Waals surface area contributed by atoms with Crippen LogP contribution in [0.1, 0.15) is 43.9 Å². The lowest BCUT2D eigenvalue weighted by Gasteiger charge is -2.39. The van der Waals surface area contributed by atoms with Gasteiger partial charge in [0, 0.05) is 25.7 Å². The van der Waals surface area contributed by atoms with E-state index in [4.69, 9.17) is 4.74 Å². The molecular formula is C16H24N4O3. The minimum absolute atomic E-state index is 0.105. The van der Waals surface area contributed by atoms with Crippen LogP contribution in [0.2, 0.25) is 0 Å². The van der Waals surface area contributed by atoms with E-state index in [1.54, 1.807) is 21.9 Å². The molecule has 23 heavy (non-hydrogen) atoms. The van der Waals surface area contributed by atoms with Crippen molar-refractivity contribution in [2.24, 2.45) is 0 Å². The molecule has 1 fully saturated rings. The van der Waals surface area contributed by atoms with Gasteiger partial charge in [0.15, 0.2) is 5.69 Å². The van der Waals surface area contributed by atoms with Crippen molar-refractivity contribution < 1.29 is 14.3 Å². The van der Waals surface area contributed by atoms with Crippen LogP contribution in [0, 0.1) is 6.92 Å². The van der Waals surface area contributed by atoms with Gasteiger partial charge in [-0.15, -0.1) is 5.10 Å². The predicted octanol–water partition coefficient (Wildman–Crippen LogP) is 1.87. The normalized spacial score (nSPS) is 18.7. The Kier molecular flexibility index (Phi) is 4.87. The van der Waals surface area contributed by atoms with Crippen LogP contribution in [0.15, 0.2) is 12.1 Å². The summed E-state index contributed by atoms with van der Waals surface area (Å²) >= 11 is 0. The standard InChI is InChI=1S/C16H24N4O3/c1-11-6-7-13(18-17-11)14(21)20-9-8-19(10-12(20)2)15(22)23-16(3,4)5/h6-7,12H,8-10H2,1-5H3/t12-/m0/s1. The molecule has 1 aliphatic heterocycles. The first-order valence-electron chi connectivity index (χ1n) is 7.76. The first-order valence-corrected chi connectivity index (χ1v) is 7.76. The quantitative estimate of drug-likeness (QED) is 0.789. The molecule has 0 radical (unpaired) electrons. The number of aryl methyl sites for hydroxylation is 1. The Morgan fingerprint density at radius 1 is 1.22 bits per heavy atom. The van der Waals surface area contributed by atoms with Gasteiger partial charge in [-0.3, -0.25) is 4.79 Å². The number of piperazine rings is 1. The second kappa shape index (κ2) is 6.52. The molecule has 1 aromatic heterocycles. The summed E-state index contributed by atoms with van der Waals surface area (Å²) in [5.41, 5.74) is 0.572. The lowest BCUT2D eigenvalue weighted by atomic mass is 10.1. The second-order valence-electron chi connectivity index (χ2n) is 6.83. The van der Waals surface area contributed by atoms with E-state index in [1.807, 2.05) is 34.6 Å². The SMILES string of the molecule is Cc1ccc(C(=O)N2CCN(C(=O)OC(C)(C)C)C[C@@H]2C)nn1. The predicted molar refractivity (Wildman–Crippen MR) is 85.1 cm³/mol. The number of aromatic nitrogens is 2. The van der Waals surface area contributed by atoms with Crippen molar-refractivity contribution in [2.45, 2.75) is 46.3 Å². The molecule has 1 saturated heterocycles. The number of carbonyl (C=O) groups excluding carboxylic acids is 2. The van der Waals surface area contributed by atoms with Crippen LogP contribution in [0.25, 0.3) is 0 Å². The maximum Gasteiger partial charge on any atom is 0.410 e. The molecule has 0 aliphatic carbocycles. The van der Waals surface area contributed by atoms with Crippen LogP contribution in [0.5, 0.6) is 0 Å². The number of ether oxygens (including phenoxy) is 1. The van der Waals surface area contributed by atoms with E-state index >= 15 is 0 Å². The van der Waals surface area contributed by atoms with Crippen LogP contribution >= 0.6 is 0 Å². The fourth-order valence-electron chi connectivity index (χ4n) is 2.41. The summed E-state index contributed by atoms with van der Waals surface area (Å²) in [6, 6.07) is 3.34. The molecule has 0 unspecified atom stereocenters. The van der Waals surface area contributed by atoms with E-state index in [9.17, 15) is 9.59 Å². The zero-order valence-corrected chi connectivity index (χ0v) is 14.4. The summed E-state index contributed by atoms with van der Waals surface area (Å²) in [6.45, 7) is 10.6. The van der Waals surface area contributed by atoms with Crippen LogP contribution in [-0.2, 0) is 4.74 Å². The van der Waals surface area contributed by atoms with Crippen LogP contribution < -0.4 is 0 Å². The maximum absolute atomic E-state index is 12.5. The third kappa shape index (κ3) is 4.40. The zero-order chi connectivity index (χ0) is 17.2. The molecule has 0 bridgehead atoms. The molecule has 1 aromatic rings. The van der Waals surface area contributed by atoms with Gasteiger partial charge in [-0.25, -0.2) is 4.79 Å². The van der Waals surface area contributed by atoms with Crippen molar-refractivity contribution >= 4 is 12.0 Å². The molecule has 2 heterocycles. The van der Waals surface area contributed by atoms with Crippen molar-refractivity contribution in [2.75, 3.05) is 19.6 Å². The Bertz CT molecular complexity index is 580. The van der Waals surface area contributed by atoms with Crippen LogP contribution in [0.4, 0.5) is 4.79 Å². The Hall–Kier alpha value is -2.18. The first-order chi connectivity index (χ1) is 10.7. The summed E-state index contributed by atoms with van der Waals surface area (Å²) in [4.78, 5) is 28.0. The Morgan fingerprint density at radius 2 is 1.91 bits per heavy atom. The number of amides is 2. The molecule has 1 aliphatic rings. The molecule has 126 valence electrons. The number of hydrogen-bond acceptors (Lipinski definition) is 5. The average molecular weight is 320 g/mol. The van der Waals surface area contributed by atoms with Gasteiger partial charge in [0.05, 0.1) is 5.69 Å². The number of hydrogen-bond donors (Lipinski definition) is 0. The topological polar surface area (TPSA) is 75.6 Å². The Balaban J connectivity index is 2.00. The minimum atomic E-state index is -0.523. The van der Waals surface area contributed by atoms with Gasteiger partial charge in [-0.2, -0.15) is 5.10 Å². The highest BCUT2D eigenvalue weighted by Crippen LogP contribution is 2.16. The second-order valence-corrected chi connectivity index (χ2v) is 6.83. The molecule has 0 N–H and O–H groups in total. The molecule has 0 spiro atoms. The van der Waals surface area contributed by atoms with Gasteiger partial charge in [0.1, 0.15) is 5.60 Å². The first kappa shape index (κ1) is 17.2. The maximum atomic E-state index is 12.5. The molecule has 2 rings (SSSR count). The van der Waals surface area contributed by atoms with Gasteiger partial charge >= 0.3 is 6.09 Å². The van der Waals surface area contributed by atoms with Gasteiger partial charge in [0.25, 0.3) is 5.91 Å². The van der Waals surface area contributed by atoms with E-state index < -0.39 is 5.60 Å². The van der Waals surface area contributed by atoms with Crippen molar-refractivity contribution in [3.8, 4) is 0 Å². The number of rotatable bonds is 1. The Morgan fingerprint density at radius 3 is 2.43 bits per heavy atom. The molecule has 2 amide bonds. The van der Waals surface area contributed by atoms with E-state index in [0.29, 0.717) is 25.3 Å². The number of carbonyl (C=O) groups is 2. The van der Waals surface area contributed by atoms with Crippen molar-refractivity contribution in [1.82, 2.24) is 20.0 Å². The number of nitrogens with zero attached hydrogens (tertiary/aromatic N) is 4. The third-order valence-corrected chi connectivity index (χ3v) is 3.56. The van der Waals surface area contributed by atoms with E-state index in [-0.39, 0.29) is 18.0 Å². The largest absolute Gasteiger partial charge is 0.444 e. The monoisotopic (exact) mass is 320 g/mol. The minimum Gasteiger partial charge on any atom is -0.444 e. The molecule has 0 aromatic carbocycles. The van der Waals surface area contributed by atoms with Crippen molar-refractivity contribution in [3.63, 3.8) is 0 Å². The summed E-state index contributed by atoms with van der Waals surface area (Å²) in [7, 11) is 0. The summed E-state index contributed by atoms with van der Waals surface area (Å²) in [6.07, 6.45) is -0.341.